The smallest absolute Gasteiger partial charge is 0.233 e. The van der Waals surface area contributed by atoms with Crippen LogP contribution >= 0.6 is 11.3 Å². The molecule has 0 unspecified atom stereocenters. The minimum atomic E-state index is -0.111. The molecule has 5 nitrogen and oxygen atoms in total. The summed E-state index contributed by atoms with van der Waals surface area (Å²) in [4.78, 5) is 17.9. The third-order valence-electron chi connectivity index (χ3n) is 2.80. The minimum Gasteiger partial charge on any atom is -0.355 e. The van der Waals surface area contributed by atoms with Gasteiger partial charge in [0.2, 0.25) is 5.91 Å². The Bertz CT molecular complexity index is 373. The number of carbonyl (C=O) groups is 1. The molecule has 17 heavy (non-hydrogen) atoms. The zero-order valence-corrected chi connectivity index (χ0v) is 10.6. The van der Waals surface area contributed by atoms with Crippen LogP contribution in [-0.4, -0.2) is 37.1 Å². The van der Waals surface area contributed by atoms with Crippen LogP contribution < -0.4 is 16.0 Å². The van der Waals surface area contributed by atoms with E-state index >= 15 is 0 Å². The molecule has 1 amide bonds. The lowest BCUT2D eigenvalue weighted by atomic mass is 10.3. The molecule has 1 fully saturated rings. The van der Waals surface area contributed by atoms with E-state index < -0.39 is 0 Å². The second-order valence-electron chi connectivity index (χ2n) is 4.12. The van der Waals surface area contributed by atoms with E-state index in [4.69, 9.17) is 5.73 Å². The van der Waals surface area contributed by atoms with Gasteiger partial charge in [-0.15, -0.1) is 11.3 Å². The van der Waals surface area contributed by atoms with E-state index in [0.29, 0.717) is 6.54 Å². The van der Waals surface area contributed by atoms with Gasteiger partial charge in [-0.3, -0.25) is 4.79 Å². The Morgan fingerprint density at radius 2 is 2.29 bits per heavy atom. The standard InChI is InChI=1S/C11H18N4OS/c12-7-10(16)13-4-3-9-8-17-11(14-9)15-5-1-2-6-15/h8H,1-7,12H2,(H,13,16). The molecule has 1 aromatic rings. The number of nitrogens with zero attached hydrogens (tertiary/aromatic N) is 2. The summed E-state index contributed by atoms with van der Waals surface area (Å²) < 4.78 is 0. The topological polar surface area (TPSA) is 71.2 Å². The van der Waals surface area contributed by atoms with E-state index in [1.54, 1.807) is 11.3 Å². The number of hydrogen-bond acceptors (Lipinski definition) is 5. The quantitative estimate of drug-likeness (QED) is 0.796. The summed E-state index contributed by atoms with van der Waals surface area (Å²) in [6.45, 7) is 2.91. The van der Waals surface area contributed by atoms with E-state index in [2.05, 4.69) is 20.6 Å². The van der Waals surface area contributed by atoms with Crippen molar-refractivity contribution in [3.05, 3.63) is 11.1 Å². The van der Waals surface area contributed by atoms with Crippen LogP contribution in [0.1, 0.15) is 18.5 Å². The average molecular weight is 254 g/mol. The molecule has 3 N–H and O–H groups in total. The van der Waals surface area contributed by atoms with Crippen molar-refractivity contribution in [1.82, 2.24) is 10.3 Å². The molecule has 0 aromatic carbocycles. The summed E-state index contributed by atoms with van der Waals surface area (Å²) in [5.74, 6) is -0.111. The van der Waals surface area contributed by atoms with E-state index in [9.17, 15) is 4.79 Å². The monoisotopic (exact) mass is 254 g/mol. The van der Waals surface area contributed by atoms with Gasteiger partial charge in [0.1, 0.15) is 0 Å². The van der Waals surface area contributed by atoms with Crippen molar-refractivity contribution in [3.8, 4) is 0 Å². The largest absolute Gasteiger partial charge is 0.355 e. The molecule has 0 aliphatic carbocycles. The maximum atomic E-state index is 11.0. The highest BCUT2D eigenvalue weighted by Crippen LogP contribution is 2.24. The highest BCUT2D eigenvalue weighted by molar-refractivity contribution is 7.13. The molecule has 1 aliphatic rings. The van der Waals surface area contributed by atoms with Gasteiger partial charge < -0.3 is 16.0 Å². The Balaban J connectivity index is 1.79. The number of aromatic nitrogens is 1. The molecule has 1 aliphatic heterocycles. The number of nitrogens with one attached hydrogen (secondary N) is 1. The molecule has 1 aromatic heterocycles. The molecule has 0 bridgehead atoms. The molecule has 0 atom stereocenters. The Morgan fingerprint density at radius 1 is 1.53 bits per heavy atom. The summed E-state index contributed by atoms with van der Waals surface area (Å²) in [6.07, 6.45) is 3.30. The van der Waals surface area contributed by atoms with Gasteiger partial charge in [-0.2, -0.15) is 0 Å². The van der Waals surface area contributed by atoms with Crippen molar-refractivity contribution in [2.24, 2.45) is 5.73 Å². The van der Waals surface area contributed by atoms with Gasteiger partial charge >= 0.3 is 0 Å². The van der Waals surface area contributed by atoms with Gasteiger partial charge in [-0.1, -0.05) is 0 Å². The first-order valence-electron chi connectivity index (χ1n) is 5.95. The predicted octanol–water partition coefficient (Wildman–Crippen LogP) is 0.361. The van der Waals surface area contributed by atoms with E-state index in [1.807, 2.05) is 0 Å². The molecule has 1 saturated heterocycles. The van der Waals surface area contributed by atoms with Gasteiger partial charge in [0, 0.05) is 31.4 Å². The second-order valence-corrected chi connectivity index (χ2v) is 4.96. The third-order valence-corrected chi connectivity index (χ3v) is 3.76. The van der Waals surface area contributed by atoms with Crippen LogP contribution in [-0.2, 0) is 11.2 Å². The number of carbonyl (C=O) groups excluding carboxylic acids is 1. The molecule has 94 valence electrons. The SMILES string of the molecule is NCC(=O)NCCc1csc(N2CCCC2)n1. The zero-order valence-electron chi connectivity index (χ0n) is 9.82. The Labute approximate surface area is 105 Å². The average Bonchev–Trinajstić information content (AvgIpc) is 2.98. The van der Waals surface area contributed by atoms with Gasteiger partial charge in [0.25, 0.3) is 0 Å². The lowest BCUT2D eigenvalue weighted by Crippen LogP contribution is -2.31. The maximum Gasteiger partial charge on any atom is 0.233 e. The number of anilines is 1. The summed E-state index contributed by atoms with van der Waals surface area (Å²) >= 11 is 1.69. The highest BCUT2D eigenvalue weighted by Gasteiger charge is 2.15. The molecule has 0 spiro atoms. The zero-order chi connectivity index (χ0) is 12.1. The van der Waals surface area contributed by atoms with Crippen LogP contribution in [0.5, 0.6) is 0 Å². The fraction of sp³-hybridized carbons (Fsp3) is 0.636. The lowest BCUT2D eigenvalue weighted by Gasteiger charge is -2.12. The van der Waals surface area contributed by atoms with Crippen LogP contribution in [0.3, 0.4) is 0 Å². The summed E-state index contributed by atoms with van der Waals surface area (Å²) in [7, 11) is 0. The van der Waals surface area contributed by atoms with E-state index in [-0.39, 0.29) is 12.5 Å². The molecular weight excluding hydrogens is 236 g/mol. The summed E-state index contributed by atoms with van der Waals surface area (Å²) in [5.41, 5.74) is 6.26. The van der Waals surface area contributed by atoms with Crippen molar-refractivity contribution in [2.75, 3.05) is 31.1 Å². The fourth-order valence-corrected chi connectivity index (χ4v) is 2.78. The molecular formula is C11H18N4OS. The minimum absolute atomic E-state index is 0.0517. The number of thiazole rings is 1. The van der Waals surface area contributed by atoms with Gasteiger partial charge in [-0.25, -0.2) is 4.98 Å². The van der Waals surface area contributed by atoms with Crippen molar-refractivity contribution >= 4 is 22.4 Å². The predicted molar refractivity (Wildman–Crippen MR) is 69.3 cm³/mol. The van der Waals surface area contributed by atoms with Crippen LogP contribution in [0.2, 0.25) is 0 Å². The van der Waals surface area contributed by atoms with E-state index in [0.717, 1.165) is 30.3 Å². The van der Waals surface area contributed by atoms with Crippen molar-refractivity contribution < 1.29 is 4.79 Å². The van der Waals surface area contributed by atoms with Crippen LogP contribution in [0.15, 0.2) is 5.38 Å². The van der Waals surface area contributed by atoms with Gasteiger partial charge in [-0.05, 0) is 12.8 Å². The normalized spacial score (nSPS) is 15.2. The maximum absolute atomic E-state index is 11.0. The van der Waals surface area contributed by atoms with E-state index in [1.165, 1.54) is 12.8 Å². The molecule has 2 heterocycles. The summed E-state index contributed by atoms with van der Waals surface area (Å²) in [6, 6.07) is 0. The summed E-state index contributed by atoms with van der Waals surface area (Å²) in [5, 5.41) is 5.93. The first-order chi connectivity index (χ1) is 8.29. The first-order valence-corrected chi connectivity index (χ1v) is 6.83. The van der Waals surface area contributed by atoms with Crippen molar-refractivity contribution in [3.63, 3.8) is 0 Å². The molecule has 0 saturated carbocycles. The highest BCUT2D eigenvalue weighted by atomic mass is 32.1. The first kappa shape index (κ1) is 12.3. The van der Waals surface area contributed by atoms with Gasteiger partial charge in [0.15, 0.2) is 5.13 Å². The Hall–Kier alpha value is -1.14. The lowest BCUT2D eigenvalue weighted by molar-refractivity contribution is -0.119. The Morgan fingerprint density at radius 3 is 3.00 bits per heavy atom. The number of amides is 1. The fourth-order valence-electron chi connectivity index (χ4n) is 1.87. The van der Waals surface area contributed by atoms with Crippen LogP contribution in [0, 0.1) is 0 Å². The molecule has 2 rings (SSSR count). The second kappa shape index (κ2) is 5.97. The molecule has 0 radical (unpaired) electrons. The number of rotatable bonds is 5. The number of nitrogens with two attached hydrogens (primary N) is 1. The van der Waals surface area contributed by atoms with Crippen molar-refractivity contribution in [2.45, 2.75) is 19.3 Å². The van der Waals surface area contributed by atoms with Crippen LogP contribution in [0.25, 0.3) is 0 Å². The van der Waals surface area contributed by atoms with Crippen LogP contribution in [0.4, 0.5) is 5.13 Å². The Kier molecular flexibility index (Phi) is 4.33. The molecule has 6 heteroatoms. The number of hydrogen-bond donors (Lipinski definition) is 2. The van der Waals surface area contributed by atoms with Gasteiger partial charge in [0.05, 0.1) is 12.2 Å². The third kappa shape index (κ3) is 3.41. The van der Waals surface area contributed by atoms with Crippen molar-refractivity contribution in [1.29, 1.82) is 0 Å².